The summed E-state index contributed by atoms with van der Waals surface area (Å²) in [5.74, 6) is 1.11. The molecular weight excluding hydrogens is 226 g/mol. The van der Waals surface area contributed by atoms with Crippen LogP contribution in [0.2, 0.25) is 0 Å². The van der Waals surface area contributed by atoms with Gasteiger partial charge >= 0.3 is 0 Å². The third kappa shape index (κ3) is 2.02. The highest BCUT2D eigenvalue weighted by molar-refractivity contribution is 5.56. The van der Waals surface area contributed by atoms with Gasteiger partial charge < -0.3 is 14.8 Å². The van der Waals surface area contributed by atoms with Crippen molar-refractivity contribution in [2.75, 3.05) is 5.32 Å². The normalized spacial score (nSPS) is 23.6. The Labute approximate surface area is 108 Å². The molecule has 18 heavy (non-hydrogen) atoms. The Balaban J connectivity index is 1.76. The molecule has 3 nitrogen and oxygen atoms in total. The van der Waals surface area contributed by atoms with Crippen LogP contribution in [-0.4, -0.2) is 11.8 Å². The van der Waals surface area contributed by atoms with Crippen molar-refractivity contribution >= 4 is 5.69 Å². The number of nitrogens with one attached hydrogen (secondary N) is 1. The molecule has 0 saturated heterocycles. The van der Waals surface area contributed by atoms with Crippen LogP contribution in [0.15, 0.2) is 18.2 Å². The fourth-order valence-corrected chi connectivity index (χ4v) is 2.37. The average molecular weight is 247 g/mol. The number of hydrogen-bond acceptors (Lipinski definition) is 3. The van der Waals surface area contributed by atoms with Crippen molar-refractivity contribution in [1.82, 2.24) is 0 Å². The highest BCUT2D eigenvalue weighted by Crippen LogP contribution is 2.49. The SMILES string of the molecule is CC(Nc1ccc2c(c1)OC(C)(C)O2)C1(C)CC1. The molecule has 1 atom stereocenters. The van der Waals surface area contributed by atoms with Crippen molar-refractivity contribution in [3.05, 3.63) is 18.2 Å². The van der Waals surface area contributed by atoms with Crippen LogP contribution in [0.5, 0.6) is 11.5 Å². The van der Waals surface area contributed by atoms with Gasteiger partial charge in [0.05, 0.1) is 0 Å². The summed E-state index contributed by atoms with van der Waals surface area (Å²) in [5.41, 5.74) is 1.58. The van der Waals surface area contributed by atoms with Crippen LogP contribution in [0.4, 0.5) is 5.69 Å². The van der Waals surface area contributed by atoms with E-state index < -0.39 is 5.79 Å². The molecule has 1 heterocycles. The molecule has 0 bridgehead atoms. The van der Waals surface area contributed by atoms with Gasteiger partial charge in [0, 0.05) is 31.6 Å². The quantitative estimate of drug-likeness (QED) is 0.881. The average Bonchev–Trinajstić information content (AvgIpc) is 2.93. The lowest BCUT2D eigenvalue weighted by molar-refractivity contribution is -0.0431. The summed E-state index contributed by atoms with van der Waals surface area (Å²) in [7, 11) is 0. The molecule has 0 amide bonds. The van der Waals surface area contributed by atoms with Gasteiger partial charge in [0.15, 0.2) is 11.5 Å². The molecule has 1 aromatic rings. The van der Waals surface area contributed by atoms with E-state index in [1.165, 1.54) is 12.8 Å². The van der Waals surface area contributed by atoms with E-state index in [0.717, 1.165) is 17.2 Å². The third-order valence-corrected chi connectivity index (χ3v) is 4.12. The fraction of sp³-hybridized carbons (Fsp3) is 0.600. The maximum absolute atomic E-state index is 5.76. The molecule has 98 valence electrons. The zero-order chi connectivity index (χ0) is 13.0. The first-order valence-electron chi connectivity index (χ1n) is 6.67. The second kappa shape index (κ2) is 3.56. The lowest BCUT2D eigenvalue weighted by Crippen LogP contribution is -2.29. The summed E-state index contributed by atoms with van der Waals surface area (Å²) in [6.07, 6.45) is 2.64. The molecule has 1 aliphatic heterocycles. The van der Waals surface area contributed by atoms with Crippen LogP contribution in [0.3, 0.4) is 0 Å². The number of anilines is 1. The van der Waals surface area contributed by atoms with E-state index in [1.807, 2.05) is 26.0 Å². The molecule has 0 spiro atoms. The van der Waals surface area contributed by atoms with Crippen LogP contribution in [-0.2, 0) is 0 Å². The third-order valence-electron chi connectivity index (χ3n) is 4.12. The molecule has 1 fully saturated rings. The summed E-state index contributed by atoms with van der Waals surface area (Å²) < 4.78 is 11.4. The predicted molar refractivity (Wildman–Crippen MR) is 72.2 cm³/mol. The number of fused-ring (bicyclic) bond motifs is 1. The number of hydrogen-bond donors (Lipinski definition) is 1. The van der Waals surface area contributed by atoms with Crippen molar-refractivity contribution in [1.29, 1.82) is 0 Å². The smallest absolute Gasteiger partial charge is 0.246 e. The van der Waals surface area contributed by atoms with E-state index in [0.29, 0.717) is 11.5 Å². The van der Waals surface area contributed by atoms with Gasteiger partial charge in [-0.1, -0.05) is 6.92 Å². The van der Waals surface area contributed by atoms with Gasteiger partial charge in [-0.2, -0.15) is 0 Å². The first-order valence-corrected chi connectivity index (χ1v) is 6.67. The van der Waals surface area contributed by atoms with Crippen LogP contribution < -0.4 is 14.8 Å². The van der Waals surface area contributed by atoms with Crippen molar-refractivity contribution in [3.63, 3.8) is 0 Å². The molecule has 1 N–H and O–H groups in total. The largest absolute Gasteiger partial charge is 0.449 e. The van der Waals surface area contributed by atoms with Gasteiger partial charge in [-0.05, 0) is 37.3 Å². The van der Waals surface area contributed by atoms with Crippen LogP contribution in [0.25, 0.3) is 0 Å². The minimum absolute atomic E-state index is 0.468. The molecule has 1 unspecified atom stereocenters. The maximum atomic E-state index is 5.76. The molecule has 3 heteroatoms. The van der Waals surface area contributed by atoms with Crippen LogP contribution in [0, 0.1) is 5.41 Å². The van der Waals surface area contributed by atoms with Gasteiger partial charge in [-0.25, -0.2) is 0 Å². The number of ether oxygens (including phenoxy) is 2. The van der Waals surface area contributed by atoms with Gasteiger partial charge in [-0.15, -0.1) is 0 Å². The summed E-state index contributed by atoms with van der Waals surface area (Å²) in [6, 6.07) is 6.57. The Morgan fingerprint density at radius 1 is 1.11 bits per heavy atom. The van der Waals surface area contributed by atoms with Crippen LogP contribution >= 0.6 is 0 Å². The van der Waals surface area contributed by atoms with E-state index in [4.69, 9.17) is 9.47 Å². The molecule has 1 aromatic carbocycles. The van der Waals surface area contributed by atoms with E-state index in [1.54, 1.807) is 0 Å². The van der Waals surface area contributed by atoms with E-state index in [-0.39, 0.29) is 0 Å². The zero-order valence-electron chi connectivity index (χ0n) is 11.5. The fourth-order valence-electron chi connectivity index (χ4n) is 2.37. The monoisotopic (exact) mass is 247 g/mol. The molecule has 2 aliphatic rings. The maximum Gasteiger partial charge on any atom is 0.246 e. The predicted octanol–water partition coefficient (Wildman–Crippen LogP) is 3.79. The Morgan fingerprint density at radius 3 is 2.44 bits per heavy atom. The Hall–Kier alpha value is -1.38. The number of benzene rings is 1. The molecule has 1 saturated carbocycles. The standard InChI is InChI=1S/C15H21NO2/c1-10(15(4)7-8-15)16-11-5-6-12-13(9-11)18-14(2,3)17-12/h5-6,9-10,16H,7-8H2,1-4H3. The highest BCUT2D eigenvalue weighted by Gasteiger charge is 2.42. The van der Waals surface area contributed by atoms with Crippen molar-refractivity contribution in [2.24, 2.45) is 5.41 Å². The molecular formula is C15H21NO2. The molecule has 0 aromatic heterocycles. The summed E-state index contributed by atoms with van der Waals surface area (Å²) >= 11 is 0. The Bertz CT molecular complexity index is 477. The van der Waals surface area contributed by atoms with Gasteiger partial charge in [0.1, 0.15) is 0 Å². The molecule has 3 rings (SSSR count). The van der Waals surface area contributed by atoms with Gasteiger partial charge in [0.2, 0.25) is 5.79 Å². The van der Waals surface area contributed by atoms with Crippen molar-refractivity contribution in [2.45, 2.75) is 52.4 Å². The Morgan fingerprint density at radius 2 is 1.78 bits per heavy atom. The summed E-state index contributed by atoms with van der Waals surface area (Å²) in [5, 5.41) is 3.57. The zero-order valence-corrected chi connectivity index (χ0v) is 11.5. The number of rotatable bonds is 3. The van der Waals surface area contributed by atoms with E-state index in [9.17, 15) is 0 Å². The van der Waals surface area contributed by atoms with Crippen molar-refractivity contribution in [3.8, 4) is 11.5 Å². The van der Waals surface area contributed by atoms with Gasteiger partial charge in [-0.3, -0.25) is 0 Å². The second-order valence-corrected chi connectivity index (χ2v) is 6.29. The molecule has 1 aliphatic carbocycles. The second-order valence-electron chi connectivity index (χ2n) is 6.29. The van der Waals surface area contributed by atoms with E-state index >= 15 is 0 Å². The van der Waals surface area contributed by atoms with E-state index in [2.05, 4.69) is 25.2 Å². The van der Waals surface area contributed by atoms with Crippen molar-refractivity contribution < 1.29 is 9.47 Å². The summed E-state index contributed by atoms with van der Waals surface area (Å²) in [4.78, 5) is 0. The lowest BCUT2D eigenvalue weighted by Gasteiger charge is -2.21. The first kappa shape index (κ1) is 11.7. The summed E-state index contributed by atoms with van der Waals surface area (Å²) in [6.45, 7) is 8.43. The minimum Gasteiger partial charge on any atom is -0.449 e. The van der Waals surface area contributed by atoms with Crippen LogP contribution in [0.1, 0.15) is 40.5 Å². The topological polar surface area (TPSA) is 30.5 Å². The lowest BCUT2D eigenvalue weighted by atomic mass is 10.0. The first-order chi connectivity index (χ1) is 8.38. The Kier molecular flexibility index (Phi) is 2.31. The van der Waals surface area contributed by atoms with Gasteiger partial charge in [0.25, 0.3) is 0 Å². The minimum atomic E-state index is -0.547. The molecule has 0 radical (unpaired) electrons. The highest BCUT2D eigenvalue weighted by atomic mass is 16.7.